The van der Waals surface area contributed by atoms with Gasteiger partial charge in [-0.15, -0.1) is 0 Å². The lowest BCUT2D eigenvalue weighted by Crippen LogP contribution is -2.34. The minimum atomic E-state index is -0.977. The van der Waals surface area contributed by atoms with Crippen molar-refractivity contribution in [1.29, 1.82) is 0 Å². The van der Waals surface area contributed by atoms with E-state index in [0.29, 0.717) is 0 Å². The van der Waals surface area contributed by atoms with Crippen LogP contribution < -0.4 is 10.1 Å². The van der Waals surface area contributed by atoms with Crippen LogP contribution >= 0.6 is 0 Å². The molecule has 1 atom stereocenters. The molecule has 0 aliphatic heterocycles. The Morgan fingerprint density at radius 1 is 1.04 bits per heavy atom. The van der Waals surface area contributed by atoms with Gasteiger partial charge in [0.25, 0.3) is 0 Å². The van der Waals surface area contributed by atoms with Crippen molar-refractivity contribution in [3.8, 4) is 16.9 Å². The molecule has 1 unspecified atom stereocenters. The van der Waals surface area contributed by atoms with Gasteiger partial charge in [0, 0.05) is 0 Å². The maximum Gasteiger partial charge on any atom is 0.405 e. The highest BCUT2D eigenvalue weighted by Gasteiger charge is 2.39. The van der Waals surface area contributed by atoms with Crippen LogP contribution in [0, 0.1) is 5.41 Å². The Bertz CT molecular complexity index is 1040. The van der Waals surface area contributed by atoms with Gasteiger partial charge in [-0.3, -0.25) is 0 Å². The lowest BCUT2D eigenvalue weighted by Gasteiger charge is -2.27. The molecular weight excluding hydrogens is 338 g/mol. The Hall–Kier alpha value is -3.01. The fourth-order valence-electron chi connectivity index (χ4n) is 4.16. The third kappa shape index (κ3) is 3.12. The topological polar surface area (TPSA) is 58.6 Å². The van der Waals surface area contributed by atoms with E-state index in [1.807, 2.05) is 12.1 Å². The minimum Gasteiger partial charge on any atom is -0.497 e. The van der Waals surface area contributed by atoms with Crippen LogP contribution in [0.15, 0.2) is 54.6 Å². The number of methoxy groups -OCH3 is 1. The van der Waals surface area contributed by atoms with Crippen LogP contribution in [-0.2, 0) is 6.42 Å². The zero-order chi connectivity index (χ0) is 19.2. The largest absolute Gasteiger partial charge is 0.497 e. The lowest BCUT2D eigenvalue weighted by molar-refractivity contribution is 0.175. The summed E-state index contributed by atoms with van der Waals surface area (Å²) in [5.41, 5.74) is 4.46. The standard InChI is InChI=1S/C23H23NO3/c1-23(2)13-18-11-16(7-9-20(18)21(23)24-22(25)26)14-4-5-17-12-19(27-3)8-6-15(17)10-14/h4-12,21,24H,13H2,1-3H3,(H,25,26). The van der Waals surface area contributed by atoms with Crippen molar-refractivity contribution in [3.05, 3.63) is 65.7 Å². The summed E-state index contributed by atoms with van der Waals surface area (Å²) >= 11 is 0. The van der Waals surface area contributed by atoms with Crippen molar-refractivity contribution in [3.63, 3.8) is 0 Å². The number of amides is 1. The third-order valence-electron chi connectivity index (χ3n) is 5.53. The number of nitrogens with one attached hydrogen (secondary N) is 1. The average molecular weight is 361 g/mol. The van der Waals surface area contributed by atoms with Crippen LogP contribution in [0.4, 0.5) is 4.79 Å². The van der Waals surface area contributed by atoms with Gasteiger partial charge in [-0.1, -0.05) is 50.2 Å². The molecule has 0 aromatic heterocycles. The second-order valence-electron chi connectivity index (χ2n) is 7.89. The molecule has 0 spiro atoms. The number of rotatable bonds is 3. The maximum atomic E-state index is 11.2. The number of benzene rings is 3. The highest BCUT2D eigenvalue weighted by Crippen LogP contribution is 2.46. The number of hydrogen-bond donors (Lipinski definition) is 2. The first-order chi connectivity index (χ1) is 12.9. The normalized spacial score (nSPS) is 17.5. The molecule has 3 aromatic carbocycles. The molecule has 0 saturated carbocycles. The van der Waals surface area contributed by atoms with E-state index in [9.17, 15) is 9.90 Å². The predicted octanol–water partition coefficient (Wildman–Crippen LogP) is 5.41. The van der Waals surface area contributed by atoms with Gasteiger partial charge in [0.2, 0.25) is 0 Å². The SMILES string of the molecule is COc1ccc2cc(-c3ccc4c(c3)CC(C)(C)C4NC(=O)O)ccc2c1. The number of carbonyl (C=O) groups is 1. The zero-order valence-electron chi connectivity index (χ0n) is 15.7. The quantitative estimate of drug-likeness (QED) is 0.656. The van der Waals surface area contributed by atoms with Gasteiger partial charge in [-0.25, -0.2) is 4.79 Å². The van der Waals surface area contributed by atoms with E-state index in [1.54, 1.807) is 7.11 Å². The number of ether oxygens (including phenoxy) is 1. The highest BCUT2D eigenvalue weighted by molar-refractivity contribution is 5.88. The molecule has 0 fully saturated rings. The number of hydrogen-bond acceptors (Lipinski definition) is 2. The predicted molar refractivity (Wildman–Crippen MR) is 107 cm³/mol. The molecule has 2 N–H and O–H groups in total. The fourth-order valence-corrected chi connectivity index (χ4v) is 4.16. The first-order valence-electron chi connectivity index (χ1n) is 9.08. The summed E-state index contributed by atoms with van der Waals surface area (Å²) in [6.45, 7) is 4.22. The van der Waals surface area contributed by atoms with Crippen LogP contribution in [0.3, 0.4) is 0 Å². The summed E-state index contributed by atoms with van der Waals surface area (Å²) in [5, 5.41) is 14.2. The van der Waals surface area contributed by atoms with Gasteiger partial charge in [0.15, 0.2) is 0 Å². The molecule has 4 nitrogen and oxygen atoms in total. The summed E-state index contributed by atoms with van der Waals surface area (Å²) in [5.74, 6) is 0.854. The van der Waals surface area contributed by atoms with Crippen LogP contribution in [0.1, 0.15) is 31.0 Å². The van der Waals surface area contributed by atoms with Gasteiger partial charge in [0.05, 0.1) is 13.2 Å². The molecule has 0 heterocycles. The molecule has 4 heteroatoms. The molecule has 1 amide bonds. The van der Waals surface area contributed by atoms with Crippen molar-refractivity contribution in [2.45, 2.75) is 26.3 Å². The Kier molecular flexibility index (Phi) is 4.06. The lowest BCUT2D eigenvalue weighted by atomic mass is 9.85. The van der Waals surface area contributed by atoms with Gasteiger partial charge in [0.1, 0.15) is 5.75 Å². The molecule has 1 aliphatic carbocycles. The van der Waals surface area contributed by atoms with E-state index in [-0.39, 0.29) is 11.5 Å². The second kappa shape index (κ2) is 6.31. The molecule has 4 rings (SSSR count). The molecule has 1 aliphatic rings. The van der Waals surface area contributed by atoms with Crippen molar-refractivity contribution < 1.29 is 14.6 Å². The Balaban J connectivity index is 1.72. The van der Waals surface area contributed by atoms with E-state index in [1.165, 1.54) is 10.9 Å². The monoisotopic (exact) mass is 361 g/mol. The molecule has 0 radical (unpaired) electrons. The van der Waals surface area contributed by atoms with E-state index in [4.69, 9.17) is 4.74 Å². The Labute approximate surface area is 158 Å². The zero-order valence-corrected chi connectivity index (χ0v) is 15.7. The molecule has 3 aromatic rings. The maximum absolute atomic E-state index is 11.2. The molecule has 27 heavy (non-hydrogen) atoms. The van der Waals surface area contributed by atoms with Crippen molar-refractivity contribution in [1.82, 2.24) is 5.32 Å². The Morgan fingerprint density at radius 3 is 2.44 bits per heavy atom. The van der Waals surface area contributed by atoms with Crippen molar-refractivity contribution in [2.75, 3.05) is 7.11 Å². The minimum absolute atomic E-state index is 0.140. The third-order valence-corrected chi connectivity index (χ3v) is 5.53. The number of fused-ring (bicyclic) bond motifs is 2. The summed E-state index contributed by atoms with van der Waals surface area (Å²) in [4.78, 5) is 11.2. The summed E-state index contributed by atoms with van der Waals surface area (Å²) < 4.78 is 5.30. The average Bonchev–Trinajstić information content (AvgIpc) is 2.89. The van der Waals surface area contributed by atoms with E-state index < -0.39 is 6.09 Å². The first kappa shape index (κ1) is 17.4. The summed E-state index contributed by atoms with van der Waals surface area (Å²) in [6, 6.07) is 18.7. The van der Waals surface area contributed by atoms with Gasteiger partial charge >= 0.3 is 6.09 Å². The van der Waals surface area contributed by atoms with E-state index in [0.717, 1.165) is 34.2 Å². The van der Waals surface area contributed by atoms with E-state index in [2.05, 4.69) is 61.6 Å². The van der Waals surface area contributed by atoms with Crippen molar-refractivity contribution in [2.24, 2.45) is 5.41 Å². The molecule has 138 valence electrons. The smallest absolute Gasteiger partial charge is 0.405 e. The van der Waals surface area contributed by atoms with Crippen molar-refractivity contribution >= 4 is 16.9 Å². The van der Waals surface area contributed by atoms with Gasteiger partial charge in [-0.05, 0) is 63.1 Å². The molecular formula is C23H23NO3. The van der Waals surface area contributed by atoms with Gasteiger partial charge in [-0.2, -0.15) is 0 Å². The van der Waals surface area contributed by atoms with Crippen LogP contribution in [0.5, 0.6) is 5.75 Å². The van der Waals surface area contributed by atoms with E-state index >= 15 is 0 Å². The Morgan fingerprint density at radius 2 is 1.70 bits per heavy atom. The van der Waals surface area contributed by atoms with Crippen LogP contribution in [-0.4, -0.2) is 18.3 Å². The summed E-state index contributed by atoms with van der Waals surface area (Å²) in [6.07, 6.45) is -0.124. The second-order valence-corrected chi connectivity index (χ2v) is 7.89. The van der Waals surface area contributed by atoms with Crippen LogP contribution in [0.2, 0.25) is 0 Å². The molecule has 0 saturated heterocycles. The fraction of sp³-hybridized carbons (Fsp3) is 0.261. The molecule has 0 bridgehead atoms. The van der Waals surface area contributed by atoms with Gasteiger partial charge < -0.3 is 15.2 Å². The first-order valence-corrected chi connectivity index (χ1v) is 9.08. The summed E-state index contributed by atoms with van der Waals surface area (Å²) in [7, 11) is 1.67. The highest BCUT2D eigenvalue weighted by atomic mass is 16.5. The van der Waals surface area contributed by atoms with Crippen LogP contribution in [0.25, 0.3) is 21.9 Å². The number of carboxylic acid groups (broad SMARTS) is 1.